The van der Waals surface area contributed by atoms with E-state index in [1.54, 1.807) is 11.9 Å². The Kier molecular flexibility index (Phi) is 3.74. The van der Waals surface area contributed by atoms with Gasteiger partial charge in [0.05, 0.1) is 11.2 Å². The molecule has 1 saturated heterocycles. The lowest BCUT2D eigenvalue weighted by atomic mass is 9.79. The number of nitrogens with zero attached hydrogens (tertiary/aromatic N) is 1. The van der Waals surface area contributed by atoms with Crippen molar-refractivity contribution < 1.29 is 14.1 Å². The molecule has 4 nitrogen and oxygen atoms in total. The van der Waals surface area contributed by atoms with Crippen LogP contribution >= 0.6 is 0 Å². The van der Waals surface area contributed by atoms with Crippen LogP contribution in [0.15, 0.2) is 12.1 Å². The van der Waals surface area contributed by atoms with Gasteiger partial charge in [0.1, 0.15) is 0 Å². The van der Waals surface area contributed by atoms with Crippen LogP contribution in [0.3, 0.4) is 0 Å². The lowest BCUT2D eigenvalue weighted by Crippen LogP contribution is -2.41. The Balaban J connectivity index is 2.66. The molecule has 0 aliphatic carbocycles. The van der Waals surface area contributed by atoms with Crippen molar-refractivity contribution in [3.8, 4) is 0 Å². The first kappa shape index (κ1) is 14.3. The zero-order valence-corrected chi connectivity index (χ0v) is 11.7. The molecule has 0 aromatic heterocycles. The molecular weight excluding hydrogens is 217 g/mol. The van der Waals surface area contributed by atoms with Crippen LogP contribution < -0.4 is 0 Å². The second-order valence-electron chi connectivity index (χ2n) is 5.62. The van der Waals surface area contributed by atoms with Crippen LogP contribution in [0.5, 0.6) is 0 Å². The van der Waals surface area contributed by atoms with E-state index in [2.05, 4.69) is 6.58 Å². The molecule has 0 aromatic rings. The number of hydrogen-bond donors (Lipinski definition) is 0. The lowest BCUT2D eigenvalue weighted by Gasteiger charge is -2.32. The normalized spacial score (nSPS) is 21.4. The van der Waals surface area contributed by atoms with Crippen LogP contribution in [0.2, 0.25) is 0 Å². The van der Waals surface area contributed by atoms with Crippen LogP contribution in [0, 0.1) is 0 Å². The fourth-order valence-corrected chi connectivity index (χ4v) is 1.50. The minimum atomic E-state index is -0.443. The van der Waals surface area contributed by atoms with Gasteiger partial charge in [-0.3, -0.25) is 4.79 Å². The molecule has 0 aromatic carbocycles. The molecule has 96 valence electrons. The maximum absolute atomic E-state index is 11.2. The van der Waals surface area contributed by atoms with E-state index < -0.39 is 7.12 Å². The minimum Gasteiger partial charge on any atom is -0.400 e. The molecule has 1 amide bonds. The average Bonchev–Trinajstić information content (AvgIpc) is 2.35. The van der Waals surface area contributed by atoms with Crippen LogP contribution in [0.25, 0.3) is 0 Å². The summed E-state index contributed by atoms with van der Waals surface area (Å²) in [5, 5.41) is 0. The van der Waals surface area contributed by atoms with Crippen LogP contribution in [0.4, 0.5) is 0 Å². The van der Waals surface area contributed by atoms with Crippen LogP contribution in [-0.2, 0) is 14.1 Å². The quantitative estimate of drug-likeness (QED) is 0.703. The smallest absolute Gasteiger partial charge is 0.400 e. The molecule has 1 rings (SSSR count). The minimum absolute atomic E-state index is 0.00247. The third-order valence-electron chi connectivity index (χ3n) is 3.56. The Morgan fingerprint density at radius 1 is 1.24 bits per heavy atom. The molecule has 0 spiro atoms. The van der Waals surface area contributed by atoms with Gasteiger partial charge in [-0.05, 0) is 33.2 Å². The summed E-state index contributed by atoms with van der Waals surface area (Å²) in [5.41, 5.74) is 0.0338. The monoisotopic (exact) mass is 239 g/mol. The van der Waals surface area contributed by atoms with Crippen molar-refractivity contribution in [2.45, 2.75) is 45.8 Å². The molecule has 0 bridgehead atoms. The summed E-state index contributed by atoms with van der Waals surface area (Å²) < 4.78 is 11.7. The largest absolute Gasteiger partial charge is 0.491 e. The highest BCUT2D eigenvalue weighted by Crippen LogP contribution is 2.38. The van der Waals surface area contributed by atoms with Gasteiger partial charge in [0.2, 0.25) is 5.91 Å². The summed E-state index contributed by atoms with van der Waals surface area (Å²) in [6.45, 7) is 13.9. The van der Waals surface area contributed by atoms with Gasteiger partial charge >= 0.3 is 7.12 Å². The summed E-state index contributed by atoms with van der Waals surface area (Å²) in [4.78, 5) is 12.7. The van der Waals surface area contributed by atoms with E-state index in [0.717, 1.165) is 5.47 Å². The average molecular weight is 239 g/mol. The predicted molar refractivity (Wildman–Crippen MR) is 68.5 cm³/mol. The van der Waals surface area contributed by atoms with E-state index in [1.807, 2.05) is 27.7 Å². The van der Waals surface area contributed by atoms with E-state index in [1.165, 1.54) is 6.92 Å². The zero-order valence-electron chi connectivity index (χ0n) is 11.7. The fourth-order valence-electron chi connectivity index (χ4n) is 1.50. The number of carbonyl (C=O) groups is 1. The molecule has 0 N–H and O–H groups in total. The number of likely N-dealkylation sites (N-methyl/N-ethyl adjacent to an activating group) is 1. The van der Waals surface area contributed by atoms with E-state index in [9.17, 15) is 4.79 Å². The van der Waals surface area contributed by atoms with Crippen molar-refractivity contribution in [3.05, 3.63) is 12.1 Å². The van der Waals surface area contributed by atoms with Crippen molar-refractivity contribution in [1.29, 1.82) is 0 Å². The Hall–Kier alpha value is -0.805. The van der Waals surface area contributed by atoms with Crippen LogP contribution in [0.1, 0.15) is 34.6 Å². The number of hydrogen-bond acceptors (Lipinski definition) is 3. The second-order valence-corrected chi connectivity index (χ2v) is 5.62. The predicted octanol–water partition coefficient (Wildman–Crippen LogP) is 1.65. The Bertz CT molecular complexity index is 323. The maximum Gasteiger partial charge on any atom is 0.491 e. The van der Waals surface area contributed by atoms with Gasteiger partial charge in [0.15, 0.2) is 0 Å². The fraction of sp³-hybridized carbons (Fsp3) is 0.750. The Morgan fingerprint density at radius 3 is 2.00 bits per heavy atom. The summed E-state index contributed by atoms with van der Waals surface area (Å²) >= 11 is 0. The molecular formula is C12H22BNO3. The molecule has 1 aliphatic heterocycles. The van der Waals surface area contributed by atoms with Crippen LogP contribution in [-0.4, -0.2) is 42.7 Å². The molecule has 0 unspecified atom stereocenters. The SMILES string of the molecule is C=C(CN(C)C(C)=O)B1OC(C)(C)C(C)(C)O1. The van der Waals surface area contributed by atoms with Gasteiger partial charge in [0.25, 0.3) is 0 Å². The molecule has 0 atom stereocenters. The van der Waals surface area contributed by atoms with E-state index in [-0.39, 0.29) is 17.1 Å². The van der Waals surface area contributed by atoms with E-state index >= 15 is 0 Å². The number of amides is 1. The highest BCUT2D eigenvalue weighted by atomic mass is 16.7. The van der Waals surface area contributed by atoms with Gasteiger partial charge in [-0.2, -0.15) is 0 Å². The van der Waals surface area contributed by atoms with E-state index in [0.29, 0.717) is 6.54 Å². The summed E-state index contributed by atoms with van der Waals surface area (Å²) in [6.07, 6.45) is 0. The van der Waals surface area contributed by atoms with E-state index in [4.69, 9.17) is 9.31 Å². The number of rotatable bonds is 3. The van der Waals surface area contributed by atoms with Gasteiger partial charge in [-0.15, -0.1) is 6.58 Å². The molecule has 1 fully saturated rings. The van der Waals surface area contributed by atoms with Gasteiger partial charge in [-0.1, -0.05) is 0 Å². The standard InChI is InChI=1S/C12H22BNO3/c1-9(8-14(7)10(2)15)13-16-11(3,4)12(5,6)17-13/h1,8H2,2-7H3. The molecule has 17 heavy (non-hydrogen) atoms. The molecule has 0 saturated carbocycles. The summed E-state index contributed by atoms with van der Waals surface area (Å²) in [7, 11) is 1.29. The molecule has 1 aliphatic rings. The third kappa shape index (κ3) is 2.90. The van der Waals surface area contributed by atoms with Crippen molar-refractivity contribution in [3.63, 3.8) is 0 Å². The Morgan fingerprint density at radius 2 is 1.65 bits per heavy atom. The first-order valence-corrected chi connectivity index (χ1v) is 5.82. The molecule has 1 heterocycles. The second kappa shape index (κ2) is 4.46. The first-order chi connectivity index (χ1) is 7.57. The highest BCUT2D eigenvalue weighted by molar-refractivity contribution is 6.54. The van der Waals surface area contributed by atoms with Gasteiger partial charge < -0.3 is 14.2 Å². The van der Waals surface area contributed by atoms with Gasteiger partial charge in [0, 0.05) is 20.5 Å². The maximum atomic E-state index is 11.2. The zero-order chi connectivity index (χ0) is 13.4. The van der Waals surface area contributed by atoms with Crippen molar-refractivity contribution >= 4 is 13.0 Å². The van der Waals surface area contributed by atoms with Crippen molar-refractivity contribution in [2.24, 2.45) is 0 Å². The first-order valence-electron chi connectivity index (χ1n) is 5.82. The topological polar surface area (TPSA) is 38.8 Å². The summed E-state index contributed by atoms with van der Waals surface area (Å²) in [6, 6.07) is 0. The van der Waals surface area contributed by atoms with Crippen molar-refractivity contribution in [1.82, 2.24) is 4.90 Å². The highest BCUT2D eigenvalue weighted by Gasteiger charge is 2.52. The molecule has 0 radical (unpaired) electrons. The lowest BCUT2D eigenvalue weighted by molar-refractivity contribution is -0.127. The Labute approximate surface area is 104 Å². The summed E-state index contributed by atoms with van der Waals surface area (Å²) in [5.74, 6) is 0.00247. The third-order valence-corrected chi connectivity index (χ3v) is 3.56. The molecule has 5 heteroatoms. The van der Waals surface area contributed by atoms with Crippen molar-refractivity contribution in [2.75, 3.05) is 13.6 Å². The number of carbonyl (C=O) groups excluding carboxylic acids is 1. The van der Waals surface area contributed by atoms with Gasteiger partial charge in [-0.25, -0.2) is 0 Å².